The van der Waals surface area contributed by atoms with Crippen LogP contribution >= 0.6 is 0 Å². The standard InChI is InChI=1S/C27H41N3O2/c1-21(2)25-24(31-5)9-8-23(26(25)32-6)19-30-15-7-11-27(20-30)12-16-29(17-13-27)18-22(3)10-14-28-4/h8-10,14,21H,3-4,7,11-13,15-20H2,1-2,5-6H3/b14-10-. The molecule has 2 heterocycles. The fourth-order valence-corrected chi connectivity index (χ4v) is 5.49. The van der Waals surface area contributed by atoms with E-state index >= 15 is 0 Å². The number of likely N-dealkylation sites (tertiary alicyclic amines) is 2. The Labute approximate surface area is 194 Å². The van der Waals surface area contributed by atoms with E-state index in [4.69, 9.17) is 9.47 Å². The van der Waals surface area contributed by atoms with Gasteiger partial charge in [-0.1, -0.05) is 26.5 Å². The number of nitrogens with zero attached hydrogens (tertiary/aromatic N) is 3. The zero-order valence-electron chi connectivity index (χ0n) is 20.5. The molecule has 1 aromatic rings. The van der Waals surface area contributed by atoms with Crippen molar-refractivity contribution in [1.29, 1.82) is 0 Å². The Kier molecular flexibility index (Phi) is 8.55. The van der Waals surface area contributed by atoms with Crippen LogP contribution in [-0.2, 0) is 6.54 Å². The smallest absolute Gasteiger partial charge is 0.130 e. The van der Waals surface area contributed by atoms with Crippen molar-refractivity contribution in [3.63, 3.8) is 0 Å². The van der Waals surface area contributed by atoms with Gasteiger partial charge >= 0.3 is 0 Å². The van der Waals surface area contributed by atoms with E-state index in [2.05, 4.69) is 54.1 Å². The molecule has 2 aliphatic heterocycles. The number of benzene rings is 1. The lowest BCUT2D eigenvalue weighted by atomic mass is 9.72. The van der Waals surface area contributed by atoms with Crippen molar-refractivity contribution >= 4 is 6.72 Å². The second-order valence-electron chi connectivity index (χ2n) is 9.78. The highest BCUT2D eigenvalue weighted by molar-refractivity contribution is 5.51. The molecule has 0 radical (unpaired) electrons. The Morgan fingerprint density at radius 2 is 1.88 bits per heavy atom. The Balaban J connectivity index is 1.65. The van der Waals surface area contributed by atoms with Crippen LogP contribution in [-0.4, -0.2) is 63.5 Å². The molecule has 0 unspecified atom stereocenters. The van der Waals surface area contributed by atoms with Crippen molar-refractivity contribution in [2.24, 2.45) is 10.4 Å². The van der Waals surface area contributed by atoms with Gasteiger partial charge < -0.3 is 9.47 Å². The average Bonchev–Trinajstić information content (AvgIpc) is 2.79. The number of aliphatic imine (C=N–C) groups is 1. The highest BCUT2D eigenvalue weighted by atomic mass is 16.5. The lowest BCUT2D eigenvalue weighted by Crippen LogP contribution is -2.49. The van der Waals surface area contributed by atoms with E-state index in [9.17, 15) is 0 Å². The van der Waals surface area contributed by atoms with Gasteiger partial charge in [-0.15, -0.1) is 0 Å². The number of hydrogen-bond donors (Lipinski definition) is 0. The summed E-state index contributed by atoms with van der Waals surface area (Å²) in [5.41, 5.74) is 3.99. The van der Waals surface area contributed by atoms with E-state index < -0.39 is 0 Å². The molecule has 32 heavy (non-hydrogen) atoms. The van der Waals surface area contributed by atoms with E-state index in [0.29, 0.717) is 11.3 Å². The SMILES string of the molecule is C=N/C=C\C(=C)CN1CCC2(CCCN(Cc3ccc(OC)c(C(C)C)c3OC)C2)CC1. The quantitative estimate of drug-likeness (QED) is 0.388. The molecule has 1 spiro atoms. The van der Waals surface area contributed by atoms with Crippen LogP contribution in [0, 0.1) is 5.41 Å². The van der Waals surface area contributed by atoms with Crippen LogP contribution in [0.5, 0.6) is 11.5 Å². The summed E-state index contributed by atoms with van der Waals surface area (Å²) in [6.07, 6.45) is 8.83. The minimum absolute atomic E-state index is 0.351. The molecule has 176 valence electrons. The van der Waals surface area contributed by atoms with Crippen LogP contribution in [0.2, 0.25) is 0 Å². The molecule has 3 rings (SSSR count). The molecule has 5 heteroatoms. The molecule has 0 aromatic heterocycles. The second kappa shape index (κ2) is 11.2. The van der Waals surface area contributed by atoms with Gasteiger partial charge in [0.15, 0.2) is 0 Å². The highest BCUT2D eigenvalue weighted by Crippen LogP contribution is 2.42. The summed E-state index contributed by atoms with van der Waals surface area (Å²) in [5, 5.41) is 0. The third kappa shape index (κ3) is 5.81. The van der Waals surface area contributed by atoms with Crippen LogP contribution in [0.3, 0.4) is 0 Å². The first kappa shape index (κ1) is 24.5. The van der Waals surface area contributed by atoms with E-state index in [1.54, 1.807) is 20.4 Å². The van der Waals surface area contributed by atoms with Gasteiger partial charge in [0.05, 0.1) is 14.2 Å². The molecule has 1 aromatic carbocycles. The van der Waals surface area contributed by atoms with Gasteiger partial charge in [0, 0.05) is 37.0 Å². The van der Waals surface area contributed by atoms with Gasteiger partial charge in [0.2, 0.25) is 0 Å². The monoisotopic (exact) mass is 439 g/mol. The van der Waals surface area contributed by atoms with Crippen molar-refractivity contribution < 1.29 is 9.47 Å². The largest absolute Gasteiger partial charge is 0.496 e. The molecule has 0 aliphatic carbocycles. The average molecular weight is 440 g/mol. The van der Waals surface area contributed by atoms with Gasteiger partial charge in [-0.25, -0.2) is 0 Å². The first-order valence-electron chi connectivity index (χ1n) is 11.9. The molecule has 2 aliphatic rings. The number of ether oxygens (including phenoxy) is 2. The third-order valence-corrected chi connectivity index (χ3v) is 7.13. The summed E-state index contributed by atoms with van der Waals surface area (Å²) in [6.45, 7) is 18.5. The van der Waals surface area contributed by atoms with Gasteiger partial charge in [-0.05, 0) is 81.1 Å². The zero-order chi connectivity index (χ0) is 23.1. The molecule has 0 bridgehead atoms. The lowest BCUT2D eigenvalue weighted by Gasteiger charge is -2.48. The van der Waals surface area contributed by atoms with Crippen molar-refractivity contribution in [2.45, 2.75) is 52.0 Å². The van der Waals surface area contributed by atoms with Crippen LogP contribution in [0.25, 0.3) is 0 Å². The van der Waals surface area contributed by atoms with Crippen molar-refractivity contribution in [3.8, 4) is 11.5 Å². The Bertz CT molecular complexity index is 822. The van der Waals surface area contributed by atoms with Crippen LogP contribution in [0.4, 0.5) is 0 Å². The first-order valence-corrected chi connectivity index (χ1v) is 11.9. The van der Waals surface area contributed by atoms with Crippen molar-refractivity contribution in [2.75, 3.05) is 46.9 Å². The van der Waals surface area contributed by atoms with E-state index in [-0.39, 0.29) is 0 Å². The van der Waals surface area contributed by atoms with E-state index in [1.807, 2.05) is 6.08 Å². The molecule has 0 saturated carbocycles. The predicted molar refractivity (Wildman–Crippen MR) is 134 cm³/mol. The molecule has 2 saturated heterocycles. The van der Waals surface area contributed by atoms with Gasteiger partial charge in [-0.3, -0.25) is 14.8 Å². The molecular formula is C27H41N3O2. The molecule has 2 fully saturated rings. The summed E-state index contributed by atoms with van der Waals surface area (Å²) in [7, 11) is 3.52. The molecule has 0 amide bonds. The number of rotatable bonds is 9. The summed E-state index contributed by atoms with van der Waals surface area (Å²) >= 11 is 0. The maximum atomic E-state index is 5.90. The lowest BCUT2D eigenvalue weighted by molar-refractivity contribution is 0.0231. The second-order valence-corrected chi connectivity index (χ2v) is 9.78. The third-order valence-electron chi connectivity index (χ3n) is 7.13. The molecule has 0 N–H and O–H groups in total. The fraction of sp³-hybridized carbons (Fsp3) is 0.593. The Hall–Kier alpha value is -2.11. The van der Waals surface area contributed by atoms with E-state index in [0.717, 1.165) is 49.8 Å². The molecule has 0 atom stereocenters. The van der Waals surface area contributed by atoms with Crippen LogP contribution < -0.4 is 9.47 Å². The maximum Gasteiger partial charge on any atom is 0.130 e. The Morgan fingerprint density at radius 1 is 1.12 bits per heavy atom. The minimum atomic E-state index is 0.351. The van der Waals surface area contributed by atoms with Crippen molar-refractivity contribution in [1.82, 2.24) is 9.80 Å². The first-order chi connectivity index (χ1) is 15.4. The number of piperidine rings is 2. The zero-order valence-corrected chi connectivity index (χ0v) is 20.5. The summed E-state index contributed by atoms with van der Waals surface area (Å²) in [5.74, 6) is 2.27. The topological polar surface area (TPSA) is 37.3 Å². The van der Waals surface area contributed by atoms with Crippen LogP contribution in [0.15, 0.2) is 41.6 Å². The fourth-order valence-electron chi connectivity index (χ4n) is 5.49. The Morgan fingerprint density at radius 3 is 2.50 bits per heavy atom. The summed E-state index contributed by atoms with van der Waals surface area (Å²) < 4.78 is 11.5. The van der Waals surface area contributed by atoms with Crippen molar-refractivity contribution in [3.05, 3.63) is 47.7 Å². The highest BCUT2D eigenvalue weighted by Gasteiger charge is 2.38. The van der Waals surface area contributed by atoms with Crippen LogP contribution in [0.1, 0.15) is 56.6 Å². The normalized spacial score (nSPS) is 19.5. The van der Waals surface area contributed by atoms with Gasteiger partial charge in [0.25, 0.3) is 0 Å². The summed E-state index contributed by atoms with van der Waals surface area (Å²) in [6, 6.07) is 4.29. The molecular weight excluding hydrogens is 398 g/mol. The number of methoxy groups -OCH3 is 2. The maximum absolute atomic E-state index is 5.90. The molecule has 5 nitrogen and oxygen atoms in total. The van der Waals surface area contributed by atoms with Gasteiger partial charge in [0.1, 0.15) is 11.5 Å². The van der Waals surface area contributed by atoms with E-state index in [1.165, 1.54) is 43.4 Å². The minimum Gasteiger partial charge on any atom is -0.496 e. The summed E-state index contributed by atoms with van der Waals surface area (Å²) in [4.78, 5) is 8.96. The predicted octanol–water partition coefficient (Wildman–Crippen LogP) is 5.28. The number of hydrogen-bond acceptors (Lipinski definition) is 5. The van der Waals surface area contributed by atoms with Gasteiger partial charge in [-0.2, -0.15) is 0 Å².